The molecule has 8 heteroatoms. The van der Waals surface area contributed by atoms with Crippen LogP contribution in [0.2, 0.25) is 0 Å². The predicted octanol–water partition coefficient (Wildman–Crippen LogP) is 1.91. The third-order valence-corrected chi connectivity index (χ3v) is 6.32. The first-order valence-corrected chi connectivity index (χ1v) is 9.20. The van der Waals surface area contributed by atoms with E-state index in [-0.39, 0.29) is 28.9 Å². The summed E-state index contributed by atoms with van der Waals surface area (Å²) < 4.78 is 19.4. The van der Waals surface area contributed by atoms with Gasteiger partial charge in [-0.1, -0.05) is 0 Å². The molecule has 0 spiro atoms. The van der Waals surface area contributed by atoms with Crippen LogP contribution in [-0.4, -0.2) is 27.6 Å². The fourth-order valence-electron chi connectivity index (χ4n) is 3.71. The molecule has 1 saturated carbocycles. The zero-order valence-corrected chi connectivity index (χ0v) is 14.4. The second-order valence-electron chi connectivity index (χ2n) is 7.02. The van der Waals surface area contributed by atoms with Crippen molar-refractivity contribution in [3.63, 3.8) is 0 Å². The molecule has 2 aromatic heterocycles. The van der Waals surface area contributed by atoms with E-state index in [2.05, 4.69) is 4.37 Å². The highest BCUT2D eigenvalue weighted by molar-refractivity contribution is 7.12. The van der Waals surface area contributed by atoms with E-state index in [1.807, 2.05) is 16.4 Å². The maximum atomic E-state index is 14.7. The maximum Gasteiger partial charge on any atom is 0.271 e. The normalized spacial score (nSPS) is 23.4. The van der Waals surface area contributed by atoms with Crippen molar-refractivity contribution in [3.8, 4) is 0 Å². The lowest BCUT2D eigenvalue weighted by Gasteiger charge is -2.46. The summed E-state index contributed by atoms with van der Waals surface area (Å²) in [5.41, 5.74) is 6.31. The summed E-state index contributed by atoms with van der Waals surface area (Å²) in [6, 6.07) is 3.36. The number of hydrogen-bond donors (Lipinski definition) is 2. The Balaban J connectivity index is 1.87. The van der Waals surface area contributed by atoms with Gasteiger partial charge in [0, 0.05) is 30.1 Å². The van der Waals surface area contributed by atoms with Crippen LogP contribution in [0.3, 0.4) is 0 Å². The zero-order valence-electron chi connectivity index (χ0n) is 13.6. The van der Waals surface area contributed by atoms with Crippen LogP contribution < -0.4 is 21.6 Å². The molecule has 25 heavy (non-hydrogen) atoms. The van der Waals surface area contributed by atoms with Crippen LogP contribution >= 0.6 is 11.5 Å². The second-order valence-corrected chi connectivity index (χ2v) is 7.82. The van der Waals surface area contributed by atoms with E-state index in [0.717, 1.165) is 12.8 Å². The first kappa shape index (κ1) is 15.1. The lowest BCUT2D eigenvalue weighted by molar-refractivity contribution is 0.399. The van der Waals surface area contributed by atoms with Crippen molar-refractivity contribution in [3.05, 3.63) is 38.5 Å². The molecule has 3 aromatic rings. The van der Waals surface area contributed by atoms with Gasteiger partial charge < -0.3 is 15.2 Å². The fourth-order valence-corrected chi connectivity index (χ4v) is 4.64. The molecule has 130 valence electrons. The molecule has 1 saturated heterocycles. The van der Waals surface area contributed by atoms with Crippen molar-refractivity contribution in [1.82, 2.24) is 8.94 Å². The second kappa shape index (κ2) is 4.92. The molecule has 0 radical (unpaired) electrons. The number of pyridine rings is 1. The highest BCUT2D eigenvalue weighted by atomic mass is 32.1. The third kappa shape index (κ3) is 1.98. The minimum Gasteiger partial charge on any atom is -0.363 e. The van der Waals surface area contributed by atoms with Crippen LogP contribution in [0, 0.1) is 5.82 Å². The molecule has 2 fully saturated rings. The molecule has 2 aliphatic rings. The smallest absolute Gasteiger partial charge is 0.271 e. The summed E-state index contributed by atoms with van der Waals surface area (Å²) in [5, 5.41) is 0.401. The van der Waals surface area contributed by atoms with Crippen LogP contribution in [0.4, 0.5) is 10.1 Å². The van der Waals surface area contributed by atoms with Gasteiger partial charge in [-0.05, 0) is 43.4 Å². The molecule has 3 N–H and O–H groups in total. The molecule has 0 bridgehead atoms. The van der Waals surface area contributed by atoms with Crippen LogP contribution in [-0.2, 0) is 0 Å². The van der Waals surface area contributed by atoms with Crippen LogP contribution in [0.5, 0.6) is 0 Å². The van der Waals surface area contributed by atoms with E-state index >= 15 is 0 Å². The SMILES string of the molecule is C[C@H]1[C@H](N)CN1c1cc2c(cc1F)c(=O)c1c(=O)[nH]sc1n2C1CC1. The Kier molecular flexibility index (Phi) is 2.97. The molecule has 2 atom stereocenters. The Bertz CT molecular complexity index is 1140. The van der Waals surface area contributed by atoms with Gasteiger partial charge in [0.2, 0.25) is 5.43 Å². The number of halogens is 1. The number of rotatable bonds is 2. The van der Waals surface area contributed by atoms with E-state index in [4.69, 9.17) is 5.73 Å². The van der Waals surface area contributed by atoms with Gasteiger partial charge in [0.05, 0.1) is 11.2 Å². The van der Waals surface area contributed by atoms with E-state index in [1.54, 1.807) is 6.07 Å². The van der Waals surface area contributed by atoms with Crippen molar-refractivity contribution in [2.75, 3.05) is 11.4 Å². The number of aromatic amines is 1. The predicted molar refractivity (Wildman–Crippen MR) is 97.2 cm³/mol. The highest BCUT2D eigenvalue weighted by Gasteiger charge is 2.35. The maximum absolute atomic E-state index is 14.7. The lowest BCUT2D eigenvalue weighted by atomic mass is 9.97. The summed E-state index contributed by atoms with van der Waals surface area (Å²) in [7, 11) is 0. The molecule has 1 aromatic carbocycles. The fraction of sp³-hybridized carbons (Fsp3) is 0.412. The Morgan fingerprint density at radius 2 is 2.08 bits per heavy atom. The standard InChI is InChI=1S/C17H17FN4O2S/c1-7-11(19)6-21(7)13-5-12-9(4-10(13)18)15(23)14-16(24)20-25-17(14)22(12)8-2-3-8/h4-5,7-8,11H,2-3,6,19H2,1H3,(H,20,24)/t7-,11+/m0/s1. The summed E-state index contributed by atoms with van der Waals surface area (Å²) >= 11 is 1.18. The number of nitrogens with zero attached hydrogens (tertiary/aromatic N) is 2. The number of H-pyrrole nitrogens is 1. The van der Waals surface area contributed by atoms with E-state index in [1.165, 1.54) is 17.6 Å². The van der Waals surface area contributed by atoms with E-state index in [9.17, 15) is 14.0 Å². The van der Waals surface area contributed by atoms with Gasteiger partial charge in [-0.2, -0.15) is 0 Å². The first-order chi connectivity index (χ1) is 12.0. The summed E-state index contributed by atoms with van der Waals surface area (Å²) in [5.74, 6) is -0.447. The quantitative estimate of drug-likeness (QED) is 0.731. The molecule has 1 aliphatic heterocycles. The monoisotopic (exact) mass is 360 g/mol. The summed E-state index contributed by atoms with van der Waals surface area (Å²) in [6.45, 7) is 2.56. The number of nitrogens with one attached hydrogen (secondary N) is 1. The first-order valence-electron chi connectivity index (χ1n) is 8.38. The van der Waals surface area contributed by atoms with Gasteiger partial charge >= 0.3 is 0 Å². The number of benzene rings is 1. The minimum atomic E-state index is -0.447. The van der Waals surface area contributed by atoms with Gasteiger partial charge in [0.25, 0.3) is 5.56 Å². The Labute approximate surface area is 145 Å². The number of anilines is 1. The summed E-state index contributed by atoms with van der Waals surface area (Å²) in [6.07, 6.45) is 1.99. The lowest BCUT2D eigenvalue weighted by Crippen LogP contribution is -2.63. The number of fused-ring (bicyclic) bond motifs is 2. The largest absolute Gasteiger partial charge is 0.363 e. The number of nitrogens with two attached hydrogens (primary N) is 1. The Hall–Kier alpha value is -2.19. The topological polar surface area (TPSA) is 84.1 Å². The van der Waals surface area contributed by atoms with Crippen LogP contribution in [0.25, 0.3) is 21.1 Å². The minimum absolute atomic E-state index is 0.0260. The van der Waals surface area contributed by atoms with Crippen molar-refractivity contribution in [2.24, 2.45) is 5.73 Å². The molecular weight excluding hydrogens is 343 g/mol. The molecule has 5 rings (SSSR count). The van der Waals surface area contributed by atoms with Crippen molar-refractivity contribution < 1.29 is 4.39 Å². The van der Waals surface area contributed by atoms with Gasteiger partial charge in [0.15, 0.2) is 0 Å². The highest BCUT2D eigenvalue weighted by Crippen LogP contribution is 2.41. The Morgan fingerprint density at radius 3 is 2.72 bits per heavy atom. The van der Waals surface area contributed by atoms with Gasteiger partial charge in [-0.25, -0.2) is 4.39 Å². The summed E-state index contributed by atoms with van der Waals surface area (Å²) in [4.78, 5) is 27.4. The average molecular weight is 360 g/mol. The van der Waals surface area contributed by atoms with Gasteiger partial charge in [-0.3, -0.25) is 14.0 Å². The molecule has 3 heterocycles. The van der Waals surface area contributed by atoms with Crippen molar-refractivity contribution >= 4 is 38.3 Å². The molecule has 0 amide bonds. The van der Waals surface area contributed by atoms with Crippen molar-refractivity contribution in [1.29, 1.82) is 0 Å². The molecule has 1 aliphatic carbocycles. The van der Waals surface area contributed by atoms with E-state index in [0.29, 0.717) is 22.6 Å². The van der Waals surface area contributed by atoms with Gasteiger partial charge in [0.1, 0.15) is 16.0 Å². The third-order valence-electron chi connectivity index (χ3n) is 5.44. The van der Waals surface area contributed by atoms with Gasteiger partial charge in [-0.15, -0.1) is 0 Å². The molecule has 6 nitrogen and oxygen atoms in total. The number of aromatic nitrogens is 2. The molecule has 0 unspecified atom stereocenters. The van der Waals surface area contributed by atoms with Crippen LogP contribution in [0.1, 0.15) is 25.8 Å². The average Bonchev–Trinajstić information content (AvgIpc) is 3.35. The Morgan fingerprint density at radius 1 is 1.32 bits per heavy atom. The van der Waals surface area contributed by atoms with E-state index < -0.39 is 16.8 Å². The van der Waals surface area contributed by atoms with Crippen molar-refractivity contribution in [2.45, 2.75) is 37.9 Å². The molecular formula is C17H17FN4O2S. The number of hydrogen-bond acceptors (Lipinski definition) is 5. The van der Waals surface area contributed by atoms with Crippen LogP contribution in [0.15, 0.2) is 21.7 Å². The zero-order chi connectivity index (χ0) is 17.5.